The van der Waals surface area contributed by atoms with Gasteiger partial charge < -0.3 is 28.4 Å². The van der Waals surface area contributed by atoms with Crippen LogP contribution >= 0.6 is 7.82 Å². The molecule has 2 amide bonds. The number of nitrogens with one attached hydrogen (secondary N) is 2. The molecule has 10 nitrogen and oxygen atoms in total. The van der Waals surface area contributed by atoms with E-state index >= 15 is 0 Å². The zero-order valence-corrected chi connectivity index (χ0v) is 16.1. The van der Waals surface area contributed by atoms with Crippen LogP contribution in [-0.2, 0) is 17.8 Å². The number of hydrogen-bond donors (Lipinski definition) is 4. The largest absolute Gasteiger partial charge is 0.524 e. The predicted molar refractivity (Wildman–Crippen MR) is 92.3 cm³/mol. The van der Waals surface area contributed by atoms with E-state index < -0.39 is 22.7 Å². The summed E-state index contributed by atoms with van der Waals surface area (Å²) in [6.45, 7) is 0.399. The lowest BCUT2D eigenvalue weighted by Gasteiger charge is -2.24. The molecule has 0 saturated carbocycles. The van der Waals surface area contributed by atoms with Crippen LogP contribution < -0.4 is 15.2 Å². The maximum Gasteiger partial charge on any atom is 0.524 e. The van der Waals surface area contributed by atoms with E-state index in [0.717, 1.165) is 0 Å². The van der Waals surface area contributed by atoms with Crippen LogP contribution in [0.1, 0.15) is 6.42 Å². The van der Waals surface area contributed by atoms with Crippen molar-refractivity contribution < 1.29 is 36.9 Å². The molecule has 0 fully saturated rings. The van der Waals surface area contributed by atoms with Gasteiger partial charge in [-0.25, -0.2) is 9.36 Å². The Morgan fingerprint density at radius 1 is 1.12 bits per heavy atom. The Kier molecular flexibility index (Phi) is 8.52. The molecular weight excluding hydrogens is 371 g/mol. The van der Waals surface area contributed by atoms with E-state index in [1.807, 2.05) is 0 Å². The number of rotatable bonds is 10. The molecule has 0 aliphatic heterocycles. The zero-order valence-electron chi connectivity index (χ0n) is 14.2. The van der Waals surface area contributed by atoms with Crippen LogP contribution in [0.2, 0.25) is 6.04 Å². The van der Waals surface area contributed by atoms with Crippen molar-refractivity contribution in [2.24, 2.45) is 0 Å². The first-order valence-electron chi connectivity index (χ1n) is 7.29. The lowest BCUT2D eigenvalue weighted by molar-refractivity contribution is 0.123. The molecule has 142 valence electrons. The second-order valence-corrected chi connectivity index (χ2v) is 9.14. The van der Waals surface area contributed by atoms with E-state index in [0.29, 0.717) is 24.7 Å². The highest BCUT2D eigenvalue weighted by Gasteiger charge is 2.36. The molecule has 0 aliphatic rings. The topological polar surface area (TPSA) is 136 Å². The normalized spacial score (nSPS) is 11.9. The number of hydrogen-bond acceptors (Lipinski definition) is 6. The smallest absolute Gasteiger partial charge is 0.404 e. The molecule has 0 spiro atoms. The first kappa shape index (κ1) is 21.6. The van der Waals surface area contributed by atoms with E-state index in [1.165, 1.54) is 45.6 Å². The first-order valence-corrected chi connectivity index (χ1v) is 10.8. The summed E-state index contributed by atoms with van der Waals surface area (Å²) in [6, 6.07) is 5.75. The Balaban J connectivity index is 2.38. The molecule has 0 unspecified atom stereocenters. The van der Waals surface area contributed by atoms with Gasteiger partial charge in [-0.3, -0.25) is 9.79 Å². The molecule has 0 radical (unpaired) electrons. The molecule has 25 heavy (non-hydrogen) atoms. The summed E-state index contributed by atoms with van der Waals surface area (Å²) in [4.78, 5) is 29.2. The van der Waals surface area contributed by atoms with Gasteiger partial charge in [0.2, 0.25) is 0 Å². The SMILES string of the molecule is CO[Si](CCCNC(=O)Nc1ccc(OP(=O)(O)O)cc1)(OC)OC. The molecule has 0 bridgehead atoms. The summed E-state index contributed by atoms with van der Waals surface area (Å²) in [7, 11) is -2.66. The maximum absolute atomic E-state index is 11.8. The molecular formula is C13H23N2O8PSi. The van der Waals surface area contributed by atoms with Crippen molar-refractivity contribution >= 4 is 28.3 Å². The number of benzene rings is 1. The highest BCUT2D eigenvalue weighted by Crippen LogP contribution is 2.37. The third-order valence-corrected chi connectivity index (χ3v) is 6.50. The summed E-state index contributed by atoms with van der Waals surface area (Å²) in [5, 5.41) is 5.27. The van der Waals surface area contributed by atoms with E-state index in [2.05, 4.69) is 15.2 Å². The minimum absolute atomic E-state index is 0.000660. The molecule has 0 atom stereocenters. The number of amides is 2. The van der Waals surface area contributed by atoms with Crippen molar-refractivity contribution in [2.75, 3.05) is 33.2 Å². The molecule has 0 heterocycles. The van der Waals surface area contributed by atoms with Gasteiger partial charge in [-0.05, 0) is 30.7 Å². The summed E-state index contributed by atoms with van der Waals surface area (Å²) in [5.41, 5.74) is 0.449. The van der Waals surface area contributed by atoms with Gasteiger partial charge in [-0.2, -0.15) is 0 Å². The van der Waals surface area contributed by atoms with Crippen LogP contribution in [0.15, 0.2) is 24.3 Å². The van der Waals surface area contributed by atoms with Gasteiger partial charge in [0.05, 0.1) is 0 Å². The number of phosphoric acid groups is 1. The fraction of sp³-hybridized carbons (Fsp3) is 0.462. The Morgan fingerprint density at radius 2 is 1.68 bits per heavy atom. The number of carbonyl (C=O) groups is 1. The van der Waals surface area contributed by atoms with Crippen LogP contribution in [0.25, 0.3) is 0 Å². The van der Waals surface area contributed by atoms with Crippen molar-refractivity contribution in [1.29, 1.82) is 0 Å². The van der Waals surface area contributed by atoms with Crippen LogP contribution in [0.3, 0.4) is 0 Å². The Hall–Kier alpha value is -1.46. The lowest BCUT2D eigenvalue weighted by Crippen LogP contribution is -2.43. The maximum atomic E-state index is 11.8. The molecule has 1 aromatic rings. The third-order valence-electron chi connectivity index (χ3n) is 3.21. The van der Waals surface area contributed by atoms with Crippen LogP contribution in [0.4, 0.5) is 10.5 Å². The Labute approximate surface area is 147 Å². The van der Waals surface area contributed by atoms with Crippen molar-refractivity contribution in [1.82, 2.24) is 5.32 Å². The quantitative estimate of drug-likeness (QED) is 0.267. The summed E-state index contributed by atoms with van der Waals surface area (Å²) in [6.07, 6.45) is 0.615. The van der Waals surface area contributed by atoms with Crippen molar-refractivity contribution in [2.45, 2.75) is 12.5 Å². The Morgan fingerprint density at radius 3 is 2.16 bits per heavy atom. The number of carbonyl (C=O) groups excluding carboxylic acids is 1. The van der Waals surface area contributed by atoms with Gasteiger partial charge in [0.1, 0.15) is 5.75 Å². The third kappa shape index (κ3) is 7.97. The minimum Gasteiger partial charge on any atom is -0.404 e. The van der Waals surface area contributed by atoms with Gasteiger partial charge in [-0.1, -0.05) is 0 Å². The summed E-state index contributed by atoms with van der Waals surface area (Å²) < 4.78 is 31.0. The standard InChI is InChI=1S/C13H23N2O8PSi/c1-20-25(21-2,22-3)10-4-9-14-13(16)15-11-5-7-12(8-6-11)23-24(17,18)19/h5-8H,4,9-10H2,1-3H3,(H2,14,15,16)(H2,17,18,19). The van der Waals surface area contributed by atoms with Crippen molar-refractivity contribution in [3.8, 4) is 5.75 Å². The highest BCUT2D eigenvalue weighted by atomic mass is 31.2. The first-order chi connectivity index (χ1) is 11.7. The number of anilines is 1. The molecule has 12 heteroatoms. The predicted octanol–water partition coefficient (Wildman–Crippen LogP) is 1.55. The van der Waals surface area contributed by atoms with Gasteiger partial charge in [-0.15, -0.1) is 0 Å². The van der Waals surface area contributed by atoms with Gasteiger partial charge in [0, 0.05) is 39.6 Å². The van der Waals surface area contributed by atoms with Crippen LogP contribution in [0.5, 0.6) is 5.75 Å². The highest BCUT2D eigenvalue weighted by molar-refractivity contribution is 7.46. The fourth-order valence-electron chi connectivity index (χ4n) is 1.97. The summed E-state index contributed by atoms with van der Waals surface area (Å²) >= 11 is 0. The number of urea groups is 1. The monoisotopic (exact) mass is 394 g/mol. The van der Waals surface area contributed by atoms with Gasteiger partial charge >= 0.3 is 22.7 Å². The van der Waals surface area contributed by atoms with E-state index in [1.54, 1.807) is 0 Å². The van der Waals surface area contributed by atoms with Gasteiger partial charge in [0.25, 0.3) is 0 Å². The summed E-state index contributed by atoms with van der Waals surface area (Å²) in [5.74, 6) is -0.000660. The minimum atomic E-state index is -4.60. The Bertz CT molecular complexity index is 582. The lowest BCUT2D eigenvalue weighted by atomic mass is 10.3. The van der Waals surface area contributed by atoms with Crippen molar-refractivity contribution in [3.63, 3.8) is 0 Å². The van der Waals surface area contributed by atoms with Gasteiger partial charge in [0.15, 0.2) is 0 Å². The van der Waals surface area contributed by atoms with Crippen molar-refractivity contribution in [3.05, 3.63) is 24.3 Å². The van der Waals surface area contributed by atoms with E-state index in [-0.39, 0.29) is 5.75 Å². The molecule has 1 rings (SSSR count). The average molecular weight is 394 g/mol. The second kappa shape index (κ2) is 9.87. The number of phosphoric ester groups is 1. The zero-order chi connectivity index (χ0) is 18.9. The average Bonchev–Trinajstić information content (AvgIpc) is 2.56. The molecule has 0 aliphatic carbocycles. The van der Waals surface area contributed by atoms with Crippen LogP contribution in [0, 0.1) is 0 Å². The molecule has 0 aromatic heterocycles. The fourth-order valence-corrected chi connectivity index (χ4v) is 4.09. The molecule has 0 saturated heterocycles. The second-order valence-electron chi connectivity index (χ2n) is 4.89. The molecule has 4 N–H and O–H groups in total. The molecule has 1 aromatic carbocycles. The van der Waals surface area contributed by atoms with E-state index in [9.17, 15) is 9.36 Å². The van der Waals surface area contributed by atoms with E-state index in [4.69, 9.17) is 23.1 Å². The van der Waals surface area contributed by atoms with Crippen LogP contribution in [-0.4, -0.2) is 52.5 Å².